The van der Waals surface area contributed by atoms with Crippen LogP contribution < -0.4 is 4.74 Å². The van der Waals surface area contributed by atoms with Crippen LogP contribution in [-0.4, -0.2) is 17.5 Å². The van der Waals surface area contributed by atoms with Crippen molar-refractivity contribution in [1.82, 2.24) is 0 Å². The number of carbonyl (C=O) groups excluding carboxylic acids is 1. The maximum absolute atomic E-state index is 13.4. The molecule has 0 amide bonds. The van der Waals surface area contributed by atoms with Crippen LogP contribution >= 0.6 is 0 Å². The highest BCUT2D eigenvalue weighted by atomic mass is 19.4. The summed E-state index contributed by atoms with van der Waals surface area (Å²) in [5, 5.41) is 10.2. The Morgan fingerprint density at radius 3 is 2.28 bits per heavy atom. The van der Waals surface area contributed by atoms with E-state index < -0.39 is 29.0 Å². The van der Waals surface area contributed by atoms with E-state index in [-0.39, 0.29) is 18.6 Å². The predicted molar refractivity (Wildman–Crippen MR) is 137 cm³/mol. The number of aryl methyl sites for hydroxylation is 1. The van der Waals surface area contributed by atoms with Crippen molar-refractivity contribution in [3.05, 3.63) is 58.7 Å². The van der Waals surface area contributed by atoms with E-state index in [9.17, 15) is 23.1 Å². The largest absolute Gasteiger partial charge is 0.506 e. The molecule has 3 nitrogen and oxygen atoms in total. The van der Waals surface area contributed by atoms with E-state index in [1.807, 2.05) is 0 Å². The first-order valence-corrected chi connectivity index (χ1v) is 13.4. The molecule has 1 aliphatic rings. The van der Waals surface area contributed by atoms with E-state index in [0.717, 1.165) is 17.5 Å². The number of halogens is 3. The van der Waals surface area contributed by atoms with E-state index in [1.165, 1.54) is 63.0 Å². The summed E-state index contributed by atoms with van der Waals surface area (Å²) in [5.41, 5.74) is 0.875. The topological polar surface area (TPSA) is 46.5 Å². The highest BCUT2D eigenvalue weighted by molar-refractivity contribution is 5.99. The number of rotatable bonds is 12. The molecule has 6 heteroatoms. The Balaban J connectivity index is 1.51. The van der Waals surface area contributed by atoms with Crippen molar-refractivity contribution in [1.29, 1.82) is 0 Å². The number of carbonyl (C=O) groups is 1. The number of phenols is 1. The summed E-state index contributed by atoms with van der Waals surface area (Å²) in [5.74, 6) is -0.527. The predicted octanol–water partition coefficient (Wildman–Crippen LogP) is 8.87. The zero-order valence-corrected chi connectivity index (χ0v) is 21.5. The Hall–Kier alpha value is -2.50. The lowest BCUT2D eigenvalue weighted by molar-refractivity contribution is -0.140. The fraction of sp³-hybridized carbons (Fsp3) is 0.567. The highest BCUT2D eigenvalue weighted by Crippen LogP contribution is 2.44. The summed E-state index contributed by atoms with van der Waals surface area (Å²) >= 11 is 0. The normalized spacial score (nSPS) is 18.2. The molecule has 3 rings (SSSR count). The molecule has 0 unspecified atom stereocenters. The minimum Gasteiger partial charge on any atom is -0.506 e. The third-order valence-electron chi connectivity index (χ3n) is 7.41. The Labute approximate surface area is 213 Å². The van der Waals surface area contributed by atoms with Gasteiger partial charge in [0.25, 0.3) is 0 Å². The van der Waals surface area contributed by atoms with Crippen molar-refractivity contribution in [3.8, 4) is 11.5 Å². The van der Waals surface area contributed by atoms with Crippen molar-refractivity contribution >= 4 is 5.78 Å². The van der Waals surface area contributed by atoms with E-state index in [4.69, 9.17) is 4.74 Å². The van der Waals surface area contributed by atoms with Crippen molar-refractivity contribution in [2.75, 3.05) is 6.61 Å². The highest BCUT2D eigenvalue weighted by Gasteiger charge is 2.39. The van der Waals surface area contributed by atoms with E-state index in [0.29, 0.717) is 18.8 Å². The van der Waals surface area contributed by atoms with Gasteiger partial charge < -0.3 is 9.84 Å². The van der Waals surface area contributed by atoms with Gasteiger partial charge in [0, 0.05) is 6.42 Å². The first-order valence-electron chi connectivity index (χ1n) is 13.4. The van der Waals surface area contributed by atoms with Crippen molar-refractivity contribution in [2.45, 2.75) is 96.6 Å². The molecule has 0 bridgehead atoms. The first-order chi connectivity index (χ1) is 17.2. The molecule has 2 aromatic carbocycles. The summed E-state index contributed by atoms with van der Waals surface area (Å²) in [6.45, 7) is 3.83. The number of aromatic hydroxyl groups is 1. The molecule has 0 saturated heterocycles. The van der Waals surface area contributed by atoms with Gasteiger partial charge in [-0.3, -0.25) is 4.79 Å². The number of ether oxygens (including phenoxy) is 1. The SMILES string of the molecule is CCCCCC1CCC(c2ccc(CCCC(=O)c3ccc(OCC)c(C(F)(F)F)c3O)cc2)CC1. The lowest BCUT2D eigenvalue weighted by Gasteiger charge is -2.29. The minimum atomic E-state index is -4.82. The summed E-state index contributed by atoms with van der Waals surface area (Å²) in [4.78, 5) is 12.6. The van der Waals surface area contributed by atoms with Crippen LogP contribution in [0.2, 0.25) is 0 Å². The van der Waals surface area contributed by atoms with Crippen molar-refractivity contribution < 1.29 is 27.8 Å². The van der Waals surface area contributed by atoms with Gasteiger partial charge in [-0.15, -0.1) is 0 Å². The minimum absolute atomic E-state index is 0.0227. The number of hydrogen-bond donors (Lipinski definition) is 1. The van der Waals surface area contributed by atoms with Crippen LogP contribution in [-0.2, 0) is 12.6 Å². The van der Waals surface area contributed by atoms with Crippen LogP contribution in [0.5, 0.6) is 11.5 Å². The average Bonchev–Trinajstić information content (AvgIpc) is 2.84. The first kappa shape index (κ1) is 28.1. The summed E-state index contributed by atoms with van der Waals surface area (Å²) < 4.78 is 45.3. The van der Waals surface area contributed by atoms with Gasteiger partial charge in [0.1, 0.15) is 17.1 Å². The Morgan fingerprint density at radius 1 is 0.972 bits per heavy atom. The molecule has 2 aromatic rings. The van der Waals surface area contributed by atoms with Gasteiger partial charge in [0.15, 0.2) is 5.78 Å². The quantitative estimate of drug-likeness (QED) is 0.232. The Kier molecular flexibility index (Phi) is 10.3. The van der Waals surface area contributed by atoms with Gasteiger partial charge in [-0.2, -0.15) is 13.2 Å². The number of hydrogen-bond acceptors (Lipinski definition) is 3. The number of phenolic OH excluding ortho intramolecular Hbond substituents is 1. The molecule has 0 spiro atoms. The maximum atomic E-state index is 13.4. The number of unbranched alkanes of at least 4 members (excludes halogenated alkanes) is 2. The second kappa shape index (κ2) is 13.2. The fourth-order valence-corrected chi connectivity index (χ4v) is 5.36. The van der Waals surface area contributed by atoms with Crippen molar-refractivity contribution in [3.63, 3.8) is 0 Å². The van der Waals surface area contributed by atoms with Crippen LogP contribution in [0, 0.1) is 5.92 Å². The molecule has 1 N–H and O–H groups in total. The van der Waals surface area contributed by atoms with Gasteiger partial charge in [0.05, 0.1) is 12.2 Å². The molecule has 36 heavy (non-hydrogen) atoms. The van der Waals surface area contributed by atoms with E-state index in [1.54, 1.807) is 6.92 Å². The monoisotopic (exact) mass is 504 g/mol. The van der Waals surface area contributed by atoms with E-state index in [2.05, 4.69) is 31.2 Å². The third-order valence-corrected chi connectivity index (χ3v) is 7.41. The van der Waals surface area contributed by atoms with Crippen LogP contribution in [0.15, 0.2) is 36.4 Å². The van der Waals surface area contributed by atoms with Gasteiger partial charge in [0.2, 0.25) is 0 Å². The number of alkyl halides is 3. The molecule has 0 aliphatic heterocycles. The lowest BCUT2D eigenvalue weighted by Crippen LogP contribution is -2.13. The van der Waals surface area contributed by atoms with Gasteiger partial charge in [-0.05, 0) is 80.5 Å². The van der Waals surface area contributed by atoms with Crippen LogP contribution in [0.4, 0.5) is 13.2 Å². The molecular formula is C30H39F3O3. The summed E-state index contributed by atoms with van der Waals surface area (Å²) in [6.07, 6.45) is 6.83. The van der Waals surface area contributed by atoms with Crippen LogP contribution in [0.3, 0.4) is 0 Å². The summed E-state index contributed by atoms with van der Waals surface area (Å²) in [6, 6.07) is 10.9. The molecule has 0 aromatic heterocycles. The van der Waals surface area contributed by atoms with Gasteiger partial charge in [-0.25, -0.2) is 0 Å². The maximum Gasteiger partial charge on any atom is 0.423 e. The molecule has 0 radical (unpaired) electrons. The fourth-order valence-electron chi connectivity index (χ4n) is 5.36. The zero-order valence-electron chi connectivity index (χ0n) is 21.5. The molecule has 1 aliphatic carbocycles. The number of benzene rings is 2. The smallest absolute Gasteiger partial charge is 0.423 e. The second-order valence-corrected chi connectivity index (χ2v) is 10.00. The average molecular weight is 505 g/mol. The third kappa shape index (κ3) is 7.50. The molecule has 0 heterocycles. The molecule has 0 atom stereocenters. The zero-order chi connectivity index (χ0) is 26.1. The second-order valence-electron chi connectivity index (χ2n) is 10.00. The Morgan fingerprint density at radius 2 is 1.67 bits per heavy atom. The Bertz CT molecular complexity index is 974. The number of ketones is 1. The van der Waals surface area contributed by atoms with Crippen LogP contribution in [0.25, 0.3) is 0 Å². The molecular weight excluding hydrogens is 465 g/mol. The van der Waals surface area contributed by atoms with Gasteiger partial charge >= 0.3 is 6.18 Å². The van der Waals surface area contributed by atoms with E-state index >= 15 is 0 Å². The molecule has 1 fully saturated rings. The summed E-state index contributed by atoms with van der Waals surface area (Å²) in [7, 11) is 0. The molecule has 1 saturated carbocycles. The standard InChI is InChI=1S/C30H39F3O3/c1-3-5-6-8-21-11-15-23(16-12-21)24-17-13-22(14-18-24)9-7-10-26(34)25-19-20-27(36-4-2)28(29(25)35)30(31,32)33/h13-14,17-21,23,35H,3-12,15-16H2,1-2H3. The number of Topliss-reactive ketones (excluding diaryl/α,β-unsaturated/α-hetero) is 1. The lowest BCUT2D eigenvalue weighted by atomic mass is 9.77. The molecule has 198 valence electrons. The van der Waals surface area contributed by atoms with Crippen LogP contribution in [0.1, 0.15) is 111 Å². The van der Waals surface area contributed by atoms with Gasteiger partial charge in [-0.1, -0.05) is 56.9 Å². The van der Waals surface area contributed by atoms with Crippen molar-refractivity contribution in [2.24, 2.45) is 5.92 Å².